The number of nitrogens with one attached hydrogen (secondary N) is 2. The second-order valence-corrected chi connectivity index (χ2v) is 4.70. The van der Waals surface area contributed by atoms with Crippen molar-refractivity contribution in [2.45, 2.75) is 0 Å². The molecule has 0 radical (unpaired) electrons. The van der Waals surface area contributed by atoms with Gasteiger partial charge in [0, 0.05) is 0 Å². The molecule has 0 aliphatic heterocycles. The van der Waals surface area contributed by atoms with Crippen LogP contribution in [0.25, 0.3) is 0 Å². The normalized spacial score (nSPS) is 9.53. The Hall–Kier alpha value is -2.00. The van der Waals surface area contributed by atoms with E-state index >= 15 is 0 Å². The first kappa shape index (κ1) is 15.1. The number of methoxy groups -OCH3 is 1. The van der Waals surface area contributed by atoms with Crippen LogP contribution >= 0.6 is 23.6 Å². The molecule has 0 saturated carbocycles. The molecule has 1 aromatic heterocycles. The van der Waals surface area contributed by atoms with E-state index in [0.29, 0.717) is 0 Å². The summed E-state index contributed by atoms with van der Waals surface area (Å²) in [6.45, 7) is -0.0743. The summed E-state index contributed by atoms with van der Waals surface area (Å²) in [4.78, 5) is 34.5. The van der Waals surface area contributed by atoms with Gasteiger partial charge in [0.2, 0.25) is 0 Å². The van der Waals surface area contributed by atoms with E-state index in [2.05, 4.69) is 27.6 Å². The smallest absolute Gasteiger partial charge is 0.350 e. The Balaban J connectivity index is 2.67. The summed E-state index contributed by atoms with van der Waals surface area (Å²) in [7, 11) is 1.22. The van der Waals surface area contributed by atoms with Gasteiger partial charge in [0.15, 0.2) is 0 Å². The van der Waals surface area contributed by atoms with Crippen molar-refractivity contribution in [1.82, 2.24) is 5.32 Å². The van der Waals surface area contributed by atoms with Crippen LogP contribution < -0.4 is 16.4 Å². The van der Waals surface area contributed by atoms with Gasteiger partial charge in [0.05, 0.1) is 24.3 Å². The highest BCUT2D eigenvalue weighted by Crippen LogP contribution is 2.22. The van der Waals surface area contributed by atoms with Crippen molar-refractivity contribution < 1.29 is 19.1 Å². The third kappa shape index (κ3) is 4.30. The van der Waals surface area contributed by atoms with E-state index in [4.69, 9.17) is 5.73 Å². The fourth-order valence-electron chi connectivity index (χ4n) is 1.09. The first-order chi connectivity index (χ1) is 8.95. The second kappa shape index (κ2) is 6.81. The lowest BCUT2D eigenvalue weighted by atomic mass is 10.3. The van der Waals surface area contributed by atoms with Crippen molar-refractivity contribution in [1.29, 1.82) is 0 Å². The van der Waals surface area contributed by atoms with E-state index in [1.807, 2.05) is 0 Å². The van der Waals surface area contributed by atoms with Crippen molar-refractivity contribution in [3.05, 3.63) is 16.3 Å². The number of hydrogen-bond acceptors (Lipinski definition) is 6. The molecule has 2 amide bonds. The van der Waals surface area contributed by atoms with Crippen LogP contribution in [0.1, 0.15) is 9.67 Å². The van der Waals surface area contributed by atoms with Gasteiger partial charge in [-0.05, 0) is 11.4 Å². The van der Waals surface area contributed by atoms with Gasteiger partial charge in [-0.1, -0.05) is 12.2 Å². The molecule has 0 bridgehead atoms. The molecule has 0 aliphatic rings. The Morgan fingerprint density at radius 1 is 1.42 bits per heavy atom. The Bertz CT molecular complexity index is 527. The van der Waals surface area contributed by atoms with Gasteiger partial charge in [-0.25, -0.2) is 4.79 Å². The van der Waals surface area contributed by atoms with E-state index in [1.165, 1.54) is 13.2 Å². The lowest BCUT2D eigenvalue weighted by molar-refractivity contribution is -0.135. The fraction of sp³-hybridized carbons (Fsp3) is 0.200. The third-order valence-corrected chi connectivity index (χ3v) is 2.95. The molecular formula is C10H11N3O4S2. The summed E-state index contributed by atoms with van der Waals surface area (Å²) < 4.78 is 4.54. The highest BCUT2D eigenvalue weighted by molar-refractivity contribution is 7.80. The number of thiocarbonyl (C=S) groups is 1. The number of carbonyl (C=O) groups excluding carboxylic acids is 3. The molecule has 0 unspecified atom stereocenters. The van der Waals surface area contributed by atoms with Gasteiger partial charge in [0.25, 0.3) is 0 Å². The predicted octanol–water partition coefficient (Wildman–Crippen LogP) is -0.124. The van der Waals surface area contributed by atoms with E-state index in [9.17, 15) is 14.4 Å². The molecule has 0 aliphatic carbocycles. The molecular weight excluding hydrogens is 290 g/mol. The van der Waals surface area contributed by atoms with Gasteiger partial charge in [-0.2, -0.15) is 0 Å². The van der Waals surface area contributed by atoms with Crippen molar-refractivity contribution >= 4 is 52.0 Å². The van der Waals surface area contributed by atoms with E-state index in [0.717, 1.165) is 11.3 Å². The average Bonchev–Trinajstić information content (AvgIpc) is 2.82. The largest absolute Gasteiger partial charge is 0.465 e. The third-order valence-electron chi connectivity index (χ3n) is 1.91. The Morgan fingerprint density at radius 2 is 2.11 bits per heavy atom. The number of anilines is 1. The SMILES string of the molecule is COC(=O)c1sccc1NC(=O)C(=O)NCC(N)=S. The van der Waals surface area contributed by atoms with Crippen LogP contribution in [-0.4, -0.2) is 36.4 Å². The minimum Gasteiger partial charge on any atom is -0.465 e. The molecule has 0 atom stereocenters. The summed E-state index contributed by atoms with van der Waals surface area (Å²) in [5, 5.41) is 6.12. The molecule has 4 N–H and O–H groups in total. The lowest BCUT2D eigenvalue weighted by Gasteiger charge is -2.05. The second-order valence-electron chi connectivity index (χ2n) is 3.26. The number of amides is 2. The number of carbonyl (C=O) groups is 3. The minimum absolute atomic E-state index is 0.0620. The molecule has 1 rings (SSSR count). The zero-order valence-corrected chi connectivity index (χ0v) is 11.5. The number of hydrogen-bond donors (Lipinski definition) is 3. The first-order valence-corrected chi connectivity index (χ1v) is 6.27. The molecule has 0 saturated heterocycles. The van der Waals surface area contributed by atoms with Crippen molar-refractivity contribution in [2.75, 3.05) is 19.0 Å². The maximum absolute atomic E-state index is 11.5. The van der Waals surface area contributed by atoms with Gasteiger partial charge >= 0.3 is 17.8 Å². The summed E-state index contributed by atoms with van der Waals surface area (Å²) in [6, 6.07) is 1.50. The molecule has 1 aromatic rings. The minimum atomic E-state index is -0.917. The molecule has 1 heterocycles. The highest BCUT2D eigenvalue weighted by Gasteiger charge is 2.19. The van der Waals surface area contributed by atoms with Crippen LogP contribution in [0.4, 0.5) is 5.69 Å². The standard InChI is InChI=1S/C10H11N3O4S2/c1-17-10(16)7-5(2-3-19-7)13-9(15)8(14)12-4-6(11)18/h2-3H,4H2,1H3,(H2,11,18)(H,12,14)(H,13,15). The predicted molar refractivity (Wildman–Crippen MR) is 74.1 cm³/mol. The zero-order valence-electron chi connectivity index (χ0n) is 9.89. The molecule has 7 nitrogen and oxygen atoms in total. The average molecular weight is 301 g/mol. The Kier molecular flexibility index (Phi) is 5.39. The van der Waals surface area contributed by atoms with Gasteiger partial charge in [-0.15, -0.1) is 11.3 Å². The number of nitrogens with two attached hydrogens (primary N) is 1. The van der Waals surface area contributed by atoms with Crippen LogP contribution in [0.3, 0.4) is 0 Å². The summed E-state index contributed by atoms with van der Waals surface area (Å²) >= 11 is 5.65. The molecule has 0 spiro atoms. The lowest BCUT2D eigenvalue weighted by Crippen LogP contribution is -2.39. The van der Waals surface area contributed by atoms with Crippen LogP contribution in [0.5, 0.6) is 0 Å². The first-order valence-electron chi connectivity index (χ1n) is 4.99. The molecule has 9 heteroatoms. The van der Waals surface area contributed by atoms with Crippen LogP contribution in [0.2, 0.25) is 0 Å². The molecule has 0 fully saturated rings. The van der Waals surface area contributed by atoms with Gasteiger partial charge in [-0.3, -0.25) is 9.59 Å². The number of ether oxygens (including phenoxy) is 1. The molecule has 102 valence electrons. The number of esters is 1. The monoisotopic (exact) mass is 301 g/mol. The fourth-order valence-corrected chi connectivity index (χ4v) is 1.92. The Morgan fingerprint density at radius 3 is 2.68 bits per heavy atom. The van der Waals surface area contributed by atoms with Gasteiger partial charge in [0.1, 0.15) is 4.88 Å². The zero-order chi connectivity index (χ0) is 14.4. The molecule has 19 heavy (non-hydrogen) atoms. The molecule has 0 aromatic carbocycles. The van der Waals surface area contributed by atoms with Crippen LogP contribution in [-0.2, 0) is 14.3 Å². The Labute approximate surface area is 118 Å². The van der Waals surface area contributed by atoms with Gasteiger partial charge < -0.3 is 21.1 Å². The van der Waals surface area contributed by atoms with E-state index in [1.54, 1.807) is 5.38 Å². The van der Waals surface area contributed by atoms with E-state index in [-0.39, 0.29) is 22.1 Å². The number of rotatable bonds is 4. The van der Waals surface area contributed by atoms with Crippen LogP contribution in [0, 0.1) is 0 Å². The summed E-state index contributed by atoms with van der Waals surface area (Å²) in [5.41, 5.74) is 5.40. The quantitative estimate of drug-likeness (QED) is 0.406. The van der Waals surface area contributed by atoms with E-state index < -0.39 is 17.8 Å². The maximum atomic E-state index is 11.5. The summed E-state index contributed by atoms with van der Waals surface area (Å²) in [5.74, 6) is -2.40. The highest BCUT2D eigenvalue weighted by atomic mass is 32.1. The number of thiophene rings is 1. The summed E-state index contributed by atoms with van der Waals surface area (Å²) in [6.07, 6.45) is 0. The van der Waals surface area contributed by atoms with Crippen LogP contribution in [0.15, 0.2) is 11.4 Å². The topological polar surface area (TPSA) is 111 Å². The van der Waals surface area contributed by atoms with Crippen molar-refractivity contribution in [2.24, 2.45) is 5.73 Å². The van der Waals surface area contributed by atoms with Crippen molar-refractivity contribution in [3.8, 4) is 0 Å². The van der Waals surface area contributed by atoms with Crippen molar-refractivity contribution in [3.63, 3.8) is 0 Å². The maximum Gasteiger partial charge on any atom is 0.350 e.